The Balaban J connectivity index is 1.20. The van der Waals surface area contributed by atoms with Gasteiger partial charge in [0.1, 0.15) is 35.7 Å². The van der Waals surface area contributed by atoms with Crippen LogP contribution < -0.4 is 19.6 Å². The maximum atomic E-state index is 12.8. The van der Waals surface area contributed by atoms with Gasteiger partial charge in [-0.2, -0.15) is 0 Å². The number of rotatable bonds is 8. The van der Waals surface area contributed by atoms with E-state index in [1.807, 2.05) is 19.1 Å². The van der Waals surface area contributed by atoms with E-state index in [1.54, 1.807) is 60.7 Å². The van der Waals surface area contributed by atoms with E-state index in [9.17, 15) is 9.59 Å². The molecule has 200 valence electrons. The Hall–Kier alpha value is -4.52. The summed E-state index contributed by atoms with van der Waals surface area (Å²) >= 11 is 12.4. The highest BCUT2D eigenvalue weighted by atomic mass is 35.5. The Kier molecular flexibility index (Phi) is 8.20. The molecule has 5 rings (SSSR count). The summed E-state index contributed by atoms with van der Waals surface area (Å²) in [6.07, 6.45) is 4.16. The minimum Gasteiger partial charge on any atom is -0.489 e. The van der Waals surface area contributed by atoms with Crippen LogP contribution in [0, 0.1) is 6.92 Å². The van der Waals surface area contributed by atoms with Crippen LogP contribution >= 0.6 is 23.2 Å². The van der Waals surface area contributed by atoms with E-state index < -0.39 is 5.97 Å². The van der Waals surface area contributed by atoms with Crippen molar-refractivity contribution in [2.45, 2.75) is 13.5 Å². The first-order valence-corrected chi connectivity index (χ1v) is 13.0. The number of hydrogen-bond donors (Lipinski definition) is 0. The van der Waals surface area contributed by atoms with Crippen LogP contribution in [0.15, 0.2) is 106 Å². The normalized spacial score (nSPS) is 11.1. The van der Waals surface area contributed by atoms with E-state index in [2.05, 4.69) is 0 Å². The third kappa shape index (κ3) is 6.54. The number of hydrogen-bond acceptors (Lipinski definition) is 6. The van der Waals surface area contributed by atoms with Crippen LogP contribution in [0.3, 0.4) is 0 Å². The maximum Gasteiger partial charge on any atom is 0.336 e. The van der Waals surface area contributed by atoms with E-state index in [4.69, 9.17) is 41.8 Å². The molecule has 1 heterocycles. The molecule has 0 aliphatic heterocycles. The molecule has 0 aliphatic rings. The molecule has 0 amide bonds. The maximum absolute atomic E-state index is 12.8. The van der Waals surface area contributed by atoms with Gasteiger partial charge in [0, 0.05) is 27.8 Å². The summed E-state index contributed by atoms with van der Waals surface area (Å²) in [7, 11) is 0. The molecule has 0 fully saturated rings. The summed E-state index contributed by atoms with van der Waals surface area (Å²) in [4.78, 5) is 25.2. The van der Waals surface area contributed by atoms with Gasteiger partial charge in [0.2, 0.25) is 11.2 Å². The van der Waals surface area contributed by atoms with Crippen LogP contribution in [0.1, 0.15) is 16.7 Å². The van der Waals surface area contributed by atoms with Gasteiger partial charge in [-0.15, -0.1) is 0 Å². The standard InChI is InChI=1S/C32H22Cl2O6/c1-20-5-10-23(11-6-20)39-30-19-38-29-17-24(14-15-25(29)32(30)36)40-31(35)16-9-21-7-12-22(13-8-21)37-18-26-27(33)3-2-4-28(26)34/h2-17,19H,18H2,1H3/b16-9+. The second-order valence-corrected chi connectivity index (χ2v) is 9.63. The SMILES string of the molecule is Cc1ccc(Oc2coc3cc(OC(=O)/C=C/c4ccc(OCc5c(Cl)cccc5Cl)cc4)ccc3c2=O)cc1. The molecule has 4 aromatic carbocycles. The summed E-state index contributed by atoms with van der Waals surface area (Å²) in [5, 5.41) is 1.38. The third-order valence-corrected chi connectivity index (χ3v) is 6.63. The molecule has 0 radical (unpaired) electrons. The minimum absolute atomic E-state index is 0.0631. The van der Waals surface area contributed by atoms with Gasteiger partial charge in [-0.1, -0.05) is 59.1 Å². The molecule has 0 N–H and O–H groups in total. The number of carbonyl (C=O) groups excluding carboxylic acids is 1. The monoisotopic (exact) mass is 572 g/mol. The molecule has 0 bridgehead atoms. The van der Waals surface area contributed by atoms with Crippen LogP contribution in [-0.2, 0) is 11.4 Å². The second kappa shape index (κ2) is 12.1. The molecule has 0 unspecified atom stereocenters. The van der Waals surface area contributed by atoms with Crippen molar-refractivity contribution in [2.75, 3.05) is 0 Å². The molecular weight excluding hydrogens is 551 g/mol. The van der Waals surface area contributed by atoms with Crippen molar-refractivity contribution in [3.05, 3.63) is 134 Å². The van der Waals surface area contributed by atoms with Gasteiger partial charge < -0.3 is 18.6 Å². The summed E-state index contributed by atoms with van der Waals surface area (Å²) in [5.74, 6) is 0.863. The molecule has 40 heavy (non-hydrogen) atoms. The lowest BCUT2D eigenvalue weighted by atomic mass is 10.2. The summed E-state index contributed by atoms with van der Waals surface area (Å²) < 4.78 is 22.4. The van der Waals surface area contributed by atoms with Crippen molar-refractivity contribution in [3.8, 4) is 23.0 Å². The van der Waals surface area contributed by atoms with E-state index in [0.717, 1.165) is 11.1 Å². The quantitative estimate of drug-likeness (QED) is 0.105. The molecule has 8 heteroatoms. The summed E-state index contributed by atoms with van der Waals surface area (Å²) in [5.41, 5.74) is 2.49. The lowest BCUT2D eigenvalue weighted by molar-refractivity contribution is -0.128. The highest BCUT2D eigenvalue weighted by molar-refractivity contribution is 6.35. The lowest BCUT2D eigenvalue weighted by Gasteiger charge is -2.09. The zero-order valence-corrected chi connectivity index (χ0v) is 22.7. The zero-order valence-electron chi connectivity index (χ0n) is 21.2. The van der Waals surface area contributed by atoms with Crippen molar-refractivity contribution in [2.24, 2.45) is 0 Å². The molecular formula is C32H22Cl2O6. The van der Waals surface area contributed by atoms with E-state index in [1.165, 1.54) is 30.5 Å². The van der Waals surface area contributed by atoms with Crippen molar-refractivity contribution in [3.63, 3.8) is 0 Å². The largest absolute Gasteiger partial charge is 0.489 e. The smallest absolute Gasteiger partial charge is 0.336 e. The number of esters is 1. The molecule has 6 nitrogen and oxygen atoms in total. The fraction of sp³-hybridized carbons (Fsp3) is 0.0625. The Labute approximate surface area is 239 Å². The van der Waals surface area contributed by atoms with Gasteiger partial charge in [0.05, 0.1) is 5.39 Å². The van der Waals surface area contributed by atoms with E-state index >= 15 is 0 Å². The fourth-order valence-electron chi connectivity index (χ4n) is 3.77. The van der Waals surface area contributed by atoms with Gasteiger partial charge in [-0.25, -0.2) is 4.79 Å². The number of fused-ring (bicyclic) bond motifs is 1. The second-order valence-electron chi connectivity index (χ2n) is 8.81. The summed E-state index contributed by atoms with van der Waals surface area (Å²) in [6, 6.07) is 24.3. The number of carbonyl (C=O) groups is 1. The van der Waals surface area contributed by atoms with Crippen molar-refractivity contribution in [1.82, 2.24) is 0 Å². The van der Waals surface area contributed by atoms with Crippen molar-refractivity contribution >= 4 is 46.2 Å². The summed E-state index contributed by atoms with van der Waals surface area (Å²) in [6.45, 7) is 2.19. The Bertz CT molecular complexity index is 1740. The van der Waals surface area contributed by atoms with Crippen LogP contribution in [-0.4, -0.2) is 5.97 Å². The Morgan fingerprint density at radius 2 is 1.55 bits per heavy atom. The average molecular weight is 573 g/mol. The number of benzene rings is 4. The molecule has 0 atom stereocenters. The molecule has 5 aromatic rings. The lowest BCUT2D eigenvalue weighted by Crippen LogP contribution is -2.06. The van der Waals surface area contributed by atoms with Gasteiger partial charge in [-0.3, -0.25) is 4.79 Å². The van der Waals surface area contributed by atoms with Crippen LogP contribution in [0.2, 0.25) is 10.0 Å². The Morgan fingerprint density at radius 1 is 0.875 bits per heavy atom. The molecule has 0 spiro atoms. The van der Waals surface area contributed by atoms with Gasteiger partial charge in [-0.05, 0) is 67.1 Å². The van der Waals surface area contributed by atoms with Gasteiger partial charge >= 0.3 is 5.97 Å². The van der Waals surface area contributed by atoms with Crippen LogP contribution in [0.5, 0.6) is 23.0 Å². The van der Waals surface area contributed by atoms with E-state index in [0.29, 0.717) is 32.5 Å². The highest BCUT2D eigenvalue weighted by Crippen LogP contribution is 2.27. The first-order chi connectivity index (χ1) is 19.4. The first-order valence-electron chi connectivity index (χ1n) is 12.2. The highest BCUT2D eigenvalue weighted by Gasteiger charge is 2.12. The topological polar surface area (TPSA) is 75.0 Å². The number of halogens is 2. The number of aryl methyl sites for hydroxylation is 1. The predicted octanol–water partition coefficient (Wildman–Crippen LogP) is 8.40. The van der Waals surface area contributed by atoms with Crippen molar-refractivity contribution < 1.29 is 23.4 Å². The van der Waals surface area contributed by atoms with Crippen LogP contribution in [0.4, 0.5) is 0 Å². The van der Waals surface area contributed by atoms with E-state index in [-0.39, 0.29) is 29.1 Å². The van der Waals surface area contributed by atoms with Crippen molar-refractivity contribution in [1.29, 1.82) is 0 Å². The first kappa shape index (κ1) is 27.1. The third-order valence-electron chi connectivity index (χ3n) is 5.92. The number of ether oxygens (including phenoxy) is 3. The van der Waals surface area contributed by atoms with Gasteiger partial charge in [0.15, 0.2) is 0 Å². The average Bonchev–Trinajstić information content (AvgIpc) is 2.95. The predicted molar refractivity (Wildman–Crippen MR) is 156 cm³/mol. The van der Waals surface area contributed by atoms with Gasteiger partial charge in [0.25, 0.3) is 0 Å². The molecule has 1 aromatic heterocycles. The molecule has 0 saturated heterocycles. The molecule has 0 aliphatic carbocycles. The fourth-order valence-corrected chi connectivity index (χ4v) is 4.28. The molecule has 0 saturated carbocycles. The Morgan fingerprint density at radius 3 is 2.27 bits per heavy atom. The van der Waals surface area contributed by atoms with Crippen LogP contribution in [0.25, 0.3) is 17.0 Å². The minimum atomic E-state index is -0.588. The zero-order chi connectivity index (χ0) is 28.1.